The lowest BCUT2D eigenvalue weighted by Crippen LogP contribution is -2.34. The molecular formula is C17H31F3O4S. The number of hydrogen-bond acceptors (Lipinski definition) is 4. The van der Waals surface area contributed by atoms with Crippen LogP contribution in [0.2, 0.25) is 0 Å². The van der Waals surface area contributed by atoms with Crippen molar-refractivity contribution in [2.24, 2.45) is 17.3 Å². The van der Waals surface area contributed by atoms with Gasteiger partial charge in [-0.2, -0.15) is 21.6 Å². The third kappa shape index (κ3) is 5.88. The van der Waals surface area contributed by atoms with Crippen LogP contribution in [-0.4, -0.2) is 25.6 Å². The summed E-state index contributed by atoms with van der Waals surface area (Å²) in [6.45, 7) is 10.3. The molecule has 0 bridgehead atoms. The Balaban J connectivity index is 0.000000845. The van der Waals surface area contributed by atoms with E-state index in [-0.39, 0.29) is 17.1 Å². The van der Waals surface area contributed by atoms with Crippen LogP contribution in [-0.2, 0) is 14.3 Å². The molecule has 25 heavy (non-hydrogen) atoms. The van der Waals surface area contributed by atoms with Crippen molar-refractivity contribution < 1.29 is 30.9 Å². The van der Waals surface area contributed by atoms with Gasteiger partial charge in [-0.3, -0.25) is 0 Å². The SMILES string of the molecule is CC.CC1CCC2C(OS(=O)(=O)C(F)(F)F)=CCCC12C.CCCO. The van der Waals surface area contributed by atoms with Crippen LogP contribution in [0.4, 0.5) is 13.2 Å². The first-order valence-electron chi connectivity index (χ1n) is 8.81. The van der Waals surface area contributed by atoms with Crippen LogP contribution in [0.5, 0.6) is 0 Å². The summed E-state index contributed by atoms with van der Waals surface area (Å²) in [4.78, 5) is 0. The molecule has 8 heteroatoms. The molecule has 0 aromatic carbocycles. The summed E-state index contributed by atoms with van der Waals surface area (Å²) in [5, 5.41) is 7.88. The van der Waals surface area contributed by atoms with E-state index in [9.17, 15) is 21.6 Å². The highest BCUT2D eigenvalue weighted by atomic mass is 32.2. The zero-order valence-corrected chi connectivity index (χ0v) is 16.5. The van der Waals surface area contributed by atoms with E-state index in [1.54, 1.807) is 0 Å². The van der Waals surface area contributed by atoms with E-state index in [0.29, 0.717) is 25.4 Å². The fourth-order valence-electron chi connectivity index (χ4n) is 3.24. The van der Waals surface area contributed by atoms with Crippen molar-refractivity contribution >= 4 is 10.1 Å². The van der Waals surface area contributed by atoms with E-state index >= 15 is 0 Å². The van der Waals surface area contributed by atoms with E-state index in [2.05, 4.69) is 11.1 Å². The number of rotatable bonds is 3. The Morgan fingerprint density at radius 3 is 2.28 bits per heavy atom. The minimum absolute atomic E-state index is 0.0181. The van der Waals surface area contributed by atoms with Crippen LogP contribution in [0.15, 0.2) is 11.8 Å². The van der Waals surface area contributed by atoms with Gasteiger partial charge in [0.1, 0.15) is 5.76 Å². The number of aliphatic hydroxyl groups is 1. The fraction of sp³-hybridized carbons (Fsp3) is 0.882. The van der Waals surface area contributed by atoms with Crippen LogP contribution < -0.4 is 0 Å². The molecule has 0 heterocycles. The van der Waals surface area contributed by atoms with Crippen LogP contribution in [0, 0.1) is 17.3 Å². The molecule has 0 saturated heterocycles. The van der Waals surface area contributed by atoms with Gasteiger partial charge in [0.05, 0.1) is 0 Å². The molecular weight excluding hydrogens is 357 g/mol. The van der Waals surface area contributed by atoms with E-state index in [0.717, 1.165) is 19.3 Å². The Morgan fingerprint density at radius 1 is 1.32 bits per heavy atom. The molecule has 2 rings (SSSR count). The molecule has 150 valence electrons. The van der Waals surface area contributed by atoms with Crippen molar-refractivity contribution in [3.8, 4) is 0 Å². The summed E-state index contributed by atoms with van der Waals surface area (Å²) in [5.74, 6) is 0.113. The molecule has 0 aromatic heterocycles. The number of alkyl halides is 3. The maximum absolute atomic E-state index is 12.4. The highest BCUT2D eigenvalue weighted by molar-refractivity contribution is 7.87. The molecule has 0 radical (unpaired) electrons. The molecule has 0 spiro atoms. The van der Waals surface area contributed by atoms with Gasteiger partial charge in [-0.15, -0.1) is 0 Å². The van der Waals surface area contributed by atoms with Crippen LogP contribution in [0.1, 0.15) is 66.7 Å². The molecule has 1 N–H and O–H groups in total. The van der Waals surface area contributed by atoms with Gasteiger partial charge in [0.15, 0.2) is 0 Å². The highest BCUT2D eigenvalue weighted by Crippen LogP contribution is 2.56. The summed E-state index contributed by atoms with van der Waals surface area (Å²) in [6, 6.07) is 0. The zero-order chi connectivity index (χ0) is 19.9. The van der Waals surface area contributed by atoms with Crippen LogP contribution >= 0.6 is 0 Å². The van der Waals surface area contributed by atoms with E-state index < -0.39 is 15.6 Å². The molecule has 2 aliphatic rings. The number of aliphatic hydroxyl groups excluding tert-OH is 1. The average molecular weight is 388 g/mol. The smallest absolute Gasteiger partial charge is 0.396 e. The average Bonchev–Trinajstić information content (AvgIpc) is 2.85. The standard InChI is InChI=1S/C12H17F3O3S.C3H8O.C2H6/c1-8-5-6-9-10(4-3-7-11(8,9)2)18-19(16,17)12(13,14)15;1-2-3-4;1-2/h4,8-9H,3,5-7H2,1-2H3;4H,2-3H2,1H3;1-2H3. The Morgan fingerprint density at radius 2 is 1.84 bits per heavy atom. The first kappa shape index (κ1) is 24.2. The van der Waals surface area contributed by atoms with Crippen LogP contribution in [0.25, 0.3) is 0 Å². The van der Waals surface area contributed by atoms with Crippen molar-refractivity contribution in [2.45, 2.75) is 72.2 Å². The lowest BCUT2D eigenvalue weighted by atomic mass is 9.68. The van der Waals surface area contributed by atoms with Gasteiger partial charge in [0, 0.05) is 12.5 Å². The molecule has 0 aromatic rings. The molecule has 3 atom stereocenters. The Labute approximate surface area is 149 Å². The third-order valence-electron chi connectivity index (χ3n) is 4.90. The summed E-state index contributed by atoms with van der Waals surface area (Å²) < 4.78 is 63.7. The van der Waals surface area contributed by atoms with Crippen molar-refractivity contribution in [1.82, 2.24) is 0 Å². The monoisotopic (exact) mass is 388 g/mol. The van der Waals surface area contributed by atoms with E-state index in [1.807, 2.05) is 27.7 Å². The minimum Gasteiger partial charge on any atom is -0.396 e. The van der Waals surface area contributed by atoms with Crippen molar-refractivity contribution in [1.29, 1.82) is 0 Å². The van der Waals surface area contributed by atoms with E-state index in [4.69, 9.17) is 5.11 Å². The summed E-state index contributed by atoms with van der Waals surface area (Å²) in [5.41, 5.74) is -5.53. The van der Waals surface area contributed by atoms with Gasteiger partial charge in [0.25, 0.3) is 0 Å². The topological polar surface area (TPSA) is 63.6 Å². The summed E-state index contributed by atoms with van der Waals surface area (Å²) in [7, 11) is -5.55. The highest BCUT2D eigenvalue weighted by Gasteiger charge is 2.53. The number of allylic oxidation sites excluding steroid dienone is 2. The van der Waals surface area contributed by atoms with Gasteiger partial charge in [-0.1, -0.05) is 34.6 Å². The molecule has 3 unspecified atom stereocenters. The van der Waals surface area contributed by atoms with Crippen molar-refractivity contribution in [3.63, 3.8) is 0 Å². The predicted molar refractivity (Wildman–Crippen MR) is 92.1 cm³/mol. The van der Waals surface area contributed by atoms with Gasteiger partial charge in [-0.05, 0) is 49.5 Å². The number of halogens is 3. The molecule has 4 nitrogen and oxygen atoms in total. The quantitative estimate of drug-likeness (QED) is 0.546. The molecule has 0 amide bonds. The Kier molecular flexibility index (Phi) is 9.51. The normalized spacial score (nSPS) is 28.6. The molecule has 1 saturated carbocycles. The summed E-state index contributed by atoms with van der Waals surface area (Å²) in [6.07, 6.45) is 5.34. The van der Waals surface area contributed by atoms with Crippen molar-refractivity contribution in [2.75, 3.05) is 6.61 Å². The number of hydrogen-bond donors (Lipinski definition) is 1. The second-order valence-corrected chi connectivity index (χ2v) is 7.93. The second-order valence-electron chi connectivity index (χ2n) is 6.39. The largest absolute Gasteiger partial charge is 0.534 e. The Bertz CT molecular complexity index is 527. The van der Waals surface area contributed by atoms with Gasteiger partial charge in [0.2, 0.25) is 0 Å². The van der Waals surface area contributed by atoms with E-state index in [1.165, 1.54) is 6.08 Å². The second kappa shape index (κ2) is 9.80. The molecule has 2 aliphatic carbocycles. The predicted octanol–water partition coefficient (Wildman–Crippen LogP) is 5.00. The van der Waals surface area contributed by atoms with Crippen LogP contribution in [0.3, 0.4) is 0 Å². The zero-order valence-electron chi connectivity index (χ0n) is 15.7. The maximum atomic E-state index is 12.4. The van der Waals surface area contributed by atoms with Gasteiger partial charge >= 0.3 is 15.6 Å². The maximum Gasteiger partial charge on any atom is 0.534 e. The lowest BCUT2D eigenvalue weighted by molar-refractivity contribution is -0.0535. The van der Waals surface area contributed by atoms with Gasteiger partial charge < -0.3 is 9.29 Å². The first-order chi connectivity index (χ1) is 11.5. The fourth-order valence-corrected chi connectivity index (χ4v) is 3.77. The van der Waals surface area contributed by atoms with Gasteiger partial charge in [-0.25, -0.2) is 0 Å². The summed E-state index contributed by atoms with van der Waals surface area (Å²) >= 11 is 0. The molecule has 1 fully saturated rings. The first-order valence-corrected chi connectivity index (χ1v) is 10.2. The lowest BCUT2D eigenvalue weighted by Gasteiger charge is -2.39. The third-order valence-corrected chi connectivity index (χ3v) is 5.87. The minimum atomic E-state index is -5.55. The molecule has 0 aliphatic heterocycles. The Hall–Kier alpha value is -0.760. The number of fused-ring (bicyclic) bond motifs is 1. The van der Waals surface area contributed by atoms with Crippen molar-refractivity contribution in [3.05, 3.63) is 11.8 Å².